The molecule has 0 amide bonds. The van der Waals surface area contributed by atoms with Crippen molar-refractivity contribution in [2.24, 2.45) is 0 Å². The predicted octanol–water partition coefficient (Wildman–Crippen LogP) is 1.80. The Balaban J connectivity index is 2.37. The van der Waals surface area contributed by atoms with E-state index in [1.807, 2.05) is 0 Å². The van der Waals surface area contributed by atoms with E-state index < -0.39 is 5.97 Å². The highest BCUT2D eigenvalue weighted by atomic mass is 16.4. The third kappa shape index (κ3) is 2.87. The van der Waals surface area contributed by atoms with E-state index in [-0.39, 0.29) is 5.76 Å². The van der Waals surface area contributed by atoms with Gasteiger partial charge in [0, 0.05) is 19.0 Å². The zero-order chi connectivity index (χ0) is 10.4. The van der Waals surface area contributed by atoms with Crippen molar-refractivity contribution < 1.29 is 14.3 Å². The molecule has 0 aliphatic heterocycles. The molecule has 0 fully saturated rings. The first-order valence-electron chi connectivity index (χ1n) is 4.24. The summed E-state index contributed by atoms with van der Waals surface area (Å²) in [5.74, 6) is 1.84. The average Bonchev–Trinajstić information content (AvgIpc) is 2.61. The van der Waals surface area contributed by atoms with Gasteiger partial charge in [-0.25, -0.2) is 4.79 Å². The molecule has 74 valence electrons. The number of rotatable bonds is 5. The van der Waals surface area contributed by atoms with Gasteiger partial charge < -0.3 is 14.8 Å². The summed E-state index contributed by atoms with van der Waals surface area (Å²) in [5.41, 5.74) is 0. The van der Waals surface area contributed by atoms with Crippen molar-refractivity contribution in [3.8, 4) is 12.3 Å². The Kier molecular flexibility index (Phi) is 3.62. The fourth-order valence-corrected chi connectivity index (χ4v) is 0.950. The SMILES string of the molecule is C#CCCCNc1ccc(C(=O)O)o1. The molecule has 0 spiro atoms. The maximum Gasteiger partial charge on any atom is 0.371 e. The molecule has 0 saturated heterocycles. The van der Waals surface area contributed by atoms with Gasteiger partial charge in [-0.05, 0) is 12.5 Å². The maximum absolute atomic E-state index is 10.4. The number of carbonyl (C=O) groups is 1. The van der Waals surface area contributed by atoms with Gasteiger partial charge in [-0.3, -0.25) is 0 Å². The minimum absolute atomic E-state index is 0.0653. The van der Waals surface area contributed by atoms with E-state index in [1.165, 1.54) is 6.07 Å². The third-order valence-corrected chi connectivity index (χ3v) is 1.61. The molecular formula is C10H11NO3. The first-order chi connectivity index (χ1) is 6.74. The Morgan fingerprint density at radius 3 is 3.00 bits per heavy atom. The van der Waals surface area contributed by atoms with Gasteiger partial charge in [0.05, 0.1) is 0 Å². The van der Waals surface area contributed by atoms with E-state index in [0.29, 0.717) is 18.8 Å². The van der Waals surface area contributed by atoms with E-state index in [1.54, 1.807) is 6.07 Å². The quantitative estimate of drug-likeness (QED) is 0.553. The summed E-state index contributed by atoms with van der Waals surface area (Å²) in [6, 6.07) is 2.99. The summed E-state index contributed by atoms with van der Waals surface area (Å²) >= 11 is 0. The first-order valence-corrected chi connectivity index (χ1v) is 4.24. The lowest BCUT2D eigenvalue weighted by molar-refractivity contribution is 0.0663. The number of terminal acetylenes is 1. The highest BCUT2D eigenvalue weighted by Gasteiger charge is 2.07. The van der Waals surface area contributed by atoms with Crippen LogP contribution in [0, 0.1) is 12.3 Å². The normalized spacial score (nSPS) is 9.36. The second kappa shape index (κ2) is 4.97. The summed E-state index contributed by atoms with van der Waals surface area (Å²) in [4.78, 5) is 10.4. The van der Waals surface area contributed by atoms with Crippen LogP contribution >= 0.6 is 0 Å². The van der Waals surface area contributed by atoms with Crippen LogP contribution in [0.3, 0.4) is 0 Å². The molecule has 0 aromatic carbocycles. The van der Waals surface area contributed by atoms with E-state index in [0.717, 1.165) is 6.42 Å². The van der Waals surface area contributed by atoms with E-state index >= 15 is 0 Å². The molecule has 0 bridgehead atoms. The smallest absolute Gasteiger partial charge is 0.371 e. The number of anilines is 1. The van der Waals surface area contributed by atoms with Gasteiger partial charge in [-0.2, -0.15) is 0 Å². The van der Waals surface area contributed by atoms with Crippen molar-refractivity contribution in [3.63, 3.8) is 0 Å². The lowest BCUT2D eigenvalue weighted by Crippen LogP contribution is -1.99. The number of aromatic carboxylic acids is 1. The van der Waals surface area contributed by atoms with Crippen LogP contribution in [-0.2, 0) is 0 Å². The van der Waals surface area contributed by atoms with E-state index in [4.69, 9.17) is 15.9 Å². The first kappa shape index (κ1) is 10.2. The summed E-state index contributed by atoms with van der Waals surface area (Å²) in [6.45, 7) is 0.677. The molecule has 0 aliphatic rings. The van der Waals surface area contributed by atoms with Gasteiger partial charge in [0.25, 0.3) is 0 Å². The van der Waals surface area contributed by atoms with Gasteiger partial charge in [0.1, 0.15) is 0 Å². The van der Waals surface area contributed by atoms with Crippen LogP contribution in [0.15, 0.2) is 16.5 Å². The van der Waals surface area contributed by atoms with Crippen LogP contribution in [0.1, 0.15) is 23.4 Å². The molecule has 4 heteroatoms. The molecule has 0 atom stereocenters. The number of unbranched alkanes of at least 4 members (excludes halogenated alkanes) is 1. The number of carboxylic acid groups (broad SMARTS) is 1. The van der Waals surface area contributed by atoms with Crippen molar-refractivity contribution >= 4 is 11.9 Å². The Labute approximate surface area is 81.9 Å². The molecule has 1 aromatic heterocycles. The monoisotopic (exact) mass is 193 g/mol. The minimum Gasteiger partial charge on any atom is -0.475 e. The van der Waals surface area contributed by atoms with Crippen molar-refractivity contribution in [1.82, 2.24) is 0 Å². The fraction of sp³-hybridized carbons (Fsp3) is 0.300. The molecule has 4 nitrogen and oxygen atoms in total. The van der Waals surface area contributed by atoms with Crippen molar-refractivity contribution in [2.75, 3.05) is 11.9 Å². The number of nitrogens with one attached hydrogen (secondary N) is 1. The lowest BCUT2D eigenvalue weighted by atomic mass is 10.3. The summed E-state index contributed by atoms with van der Waals surface area (Å²) in [7, 11) is 0. The second-order valence-corrected chi connectivity index (χ2v) is 2.70. The number of furan rings is 1. The van der Waals surface area contributed by atoms with Gasteiger partial charge >= 0.3 is 5.97 Å². The molecule has 0 aliphatic carbocycles. The molecule has 14 heavy (non-hydrogen) atoms. The van der Waals surface area contributed by atoms with Gasteiger partial charge in [0.2, 0.25) is 5.76 Å². The van der Waals surface area contributed by atoms with Crippen LogP contribution in [0.25, 0.3) is 0 Å². The Morgan fingerprint density at radius 1 is 1.64 bits per heavy atom. The highest BCUT2D eigenvalue weighted by Crippen LogP contribution is 2.12. The number of hydrogen-bond acceptors (Lipinski definition) is 3. The topological polar surface area (TPSA) is 62.5 Å². The largest absolute Gasteiger partial charge is 0.475 e. The van der Waals surface area contributed by atoms with Crippen LogP contribution in [-0.4, -0.2) is 17.6 Å². The lowest BCUT2D eigenvalue weighted by Gasteiger charge is -1.99. The molecule has 1 aromatic rings. The fourth-order valence-electron chi connectivity index (χ4n) is 0.950. The summed E-state index contributed by atoms with van der Waals surface area (Å²) in [6.07, 6.45) is 6.60. The molecule has 1 heterocycles. The minimum atomic E-state index is -1.07. The van der Waals surface area contributed by atoms with Crippen molar-refractivity contribution in [1.29, 1.82) is 0 Å². The van der Waals surface area contributed by atoms with Gasteiger partial charge in [-0.1, -0.05) is 0 Å². The zero-order valence-electron chi connectivity index (χ0n) is 7.62. The maximum atomic E-state index is 10.4. The van der Waals surface area contributed by atoms with E-state index in [9.17, 15) is 4.79 Å². The standard InChI is InChI=1S/C10H11NO3/c1-2-3-4-7-11-9-6-5-8(14-9)10(12)13/h1,5-6,11H,3-4,7H2,(H,12,13). The number of hydrogen-bond donors (Lipinski definition) is 2. The molecule has 1 rings (SSSR count). The van der Waals surface area contributed by atoms with Crippen LogP contribution < -0.4 is 5.32 Å². The van der Waals surface area contributed by atoms with E-state index in [2.05, 4.69) is 11.2 Å². The average molecular weight is 193 g/mol. The zero-order valence-corrected chi connectivity index (χ0v) is 7.62. The third-order valence-electron chi connectivity index (χ3n) is 1.61. The summed E-state index contributed by atoms with van der Waals surface area (Å²) in [5, 5.41) is 11.5. The Morgan fingerprint density at radius 2 is 2.43 bits per heavy atom. The molecule has 2 N–H and O–H groups in total. The van der Waals surface area contributed by atoms with Gasteiger partial charge in [0.15, 0.2) is 5.88 Å². The number of carboxylic acids is 1. The Bertz CT molecular complexity index is 348. The van der Waals surface area contributed by atoms with Gasteiger partial charge in [-0.15, -0.1) is 12.3 Å². The predicted molar refractivity (Wildman–Crippen MR) is 52.2 cm³/mol. The van der Waals surface area contributed by atoms with Crippen molar-refractivity contribution in [2.45, 2.75) is 12.8 Å². The molecule has 0 saturated carbocycles. The molecule has 0 unspecified atom stereocenters. The van der Waals surface area contributed by atoms with Crippen LogP contribution in [0.4, 0.5) is 5.88 Å². The summed E-state index contributed by atoms with van der Waals surface area (Å²) < 4.78 is 4.96. The second-order valence-electron chi connectivity index (χ2n) is 2.70. The van der Waals surface area contributed by atoms with Crippen molar-refractivity contribution in [3.05, 3.63) is 17.9 Å². The highest BCUT2D eigenvalue weighted by molar-refractivity contribution is 5.84. The van der Waals surface area contributed by atoms with Crippen LogP contribution in [0.5, 0.6) is 0 Å². The Hall–Kier alpha value is -1.89. The molecule has 0 radical (unpaired) electrons. The molecular weight excluding hydrogens is 182 g/mol. The van der Waals surface area contributed by atoms with Crippen LogP contribution in [0.2, 0.25) is 0 Å².